The maximum Gasteiger partial charge on any atom is 0.387 e. The molecule has 182 valence electrons. The third-order valence-electron chi connectivity index (χ3n) is 5.86. The number of benzene rings is 3. The van der Waals surface area contributed by atoms with Gasteiger partial charge < -0.3 is 9.64 Å². The van der Waals surface area contributed by atoms with Gasteiger partial charge in [-0.3, -0.25) is 9.48 Å². The Labute approximate surface area is 211 Å². The maximum absolute atomic E-state index is 13.7. The van der Waals surface area contributed by atoms with Gasteiger partial charge in [0.1, 0.15) is 11.4 Å². The summed E-state index contributed by atoms with van der Waals surface area (Å²) in [4.78, 5) is 20.1. The van der Waals surface area contributed by atoms with Crippen molar-refractivity contribution in [1.82, 2.24) is 9.78 Å². The summed E-state index contributed by atoms with van der Waals surface area (Å²) < 4.78 is 31.8. The van der Waals surface area contributed by atoms with Gasteiger partial charge in [-0.05, 0) is 19.1 Å². The topological polar surface area (TPSA) is 59.7 Å². The van der Waals surface area contributed by atoms with E-state index >= 15 is 0 Å². The first kappa shape index (κ1) is 23.7. The standard InChI is InChI=1S/C27H21ClF2N4O2/c1-17-16-33(20-12-13-21(28)23(14-20)36-27(29)30)26(35)25-22(15-31-34(17)25)32-24(18-8-4-2-5-9-18)19-10-6-3-7-11-19/h2-15,17,27H,16H2,1H3/t17-/m0/s1. The molecule has 3 aromatic carbocycles. The lowest BCUT2D eigenvalue weighted by Crippen LogP contribution is -2.42. The van der Waals surface area contributed by atoms with Crippen LogP contribution in [0.15, 0.2) is 90.1 Å². The summed E-state index contributed by atoms with van der Waals surface area (Å²) in [6.45, 7) is -0.826. The fraction of sp³-hybridized carbons (Fsp3) is 0.148. The fourth-order valence-corrected chi connectivity index (χ4v) is 4.37. The molecule has 1 amide bonds. The molecule has 0 N–H and O–H groups in total. The lowest BCUT2D eigenvalue weighted by molar-refractivity contribution is -0.0497. The Morgan fingerprint density at radius 2 is 1.69 bits per heavy atom. The van der Waals surface area contributed by atoms with Crippen LogP contribution in [0.2, 0.25) is 5.02 Å². The molecule has 2 heterocycles. The third-order valence-corrected chi connectivity index (χ3v) is 6.17. The second-order valence-electron chi connectivity index (χ2n) is 8.27. The lowest BCUT2D eigenvalue weighted by atomic mass is 10.0. The van der Waals surface area contributed by atoms with Gasteiger partial charge in [0.15, 0.2) is 5.69 Å². The summed E-state index contributed by atoms with van der Waals surface area (Å²) in [5.41, 5.74) is 3.59. The van der Waals surface area contributed by atoms with Crippen molar-refractivity contribution in [2.24, 2.45) is 4.99 Å². The summed E-state index contributed by atoms with van der Waals surface area (Å²) in [6.07, 6.45) is 1.58. The molecule has 0 saturated heterocycles. The molecule has 1 aliphatic rings. The number of aromatic nitrogens is 2. The fourth-order valence-electron chi connectivity index (χ4n) is 4.21. The van der Waals surface area contributed by atoms with E-state index in [0.29, 0.717) is 22.8 Å². The second-order valence-corrected chi connectivity index (χ2v) is 8.68. The van der Waals surface area contributed by atoms with Crippen molar-refractivity contribution in [3.05, 3.63) is 107 Å². The zero-order valence-electron chi connectivity index (χ0n) is 19.2. The van der Waals surface area contributed by atoms with Crippen LogP contribution in [0.1, 0.15) is 34.6 Å². The molecule has 0 fully saturated rings. The molecule has 6 nitrogen and oxygen atoms in total. The molecule has 9 heteroatoms. The van der Waals surface area contributed by atoms with Crippen molar-refractivity contribution in [3.63, 3.8) is 0 Å². The average Bonchev–Trinajstić information content (AvgIpc) is 3.32. The van der Waals surface area contributed by atoms with E-state index in [1.165, 1.54) is 17.0 Å². The second kappa shape index (κ2) is 9.91. The number of rotatable bonds is 6. The molecule has 0 aliphatic carbocycles. The lowest BCUT2D eigenvalue weighted by Gasteiger charge is -2.32. The van der Waals surface area contributed by atoms with Crippen molar-refractivity contribution in [2.75, 3.05) is 11.4 Å². The van der Waals surface area contributed by atoms with E-state index in [1.54, 1.807) is 16.9 Å². The van der Waals surface area contributed by atoms with Crippen LogP contribution in [0.4, 0.5) is 20.2 Å². The normalized spacial score (nSPS) is 15.1. The molecule has 4 aromatic rings. The van der Waals surface area contributed by atoms with E-state index < -0.39 is 6.61 Å². The number of carbonyl (C=O) groups excluding carboxylic acids is 1. The molecular weight excluding hydrogens is 486 g/mol. The summed E-state index contributed by atoms with van der Waals surface area (Å²) in [6, 6.07) is 23.6. The minimum Gasteiger partial charge on any atom is -0.433 e. The Morgan fingerprint density at radius 1 is 1.06 bits per heavy atom. The molecule has 1 atom stereocenters. The summed E-state index contributed by atoms with van der Waals surface area (Å²) in [7, 11) is 0. The van der Waals surface area contributed by atoms with Crippen molar-refractivity contribution in [3.8, 4) is 5.75 Å². The van der Waals surface area contributed by atoms with E-state index in [4.69, 9.17) is 16.6 Å². The zero-order chi connectivity index (χ0) is 25.2. The zero-order valence-corrected chi connectivity index (χ0v) is 19.9. The first-order valence-corrected chi connectivity index (χ1v) is 11.6. The first-order valence-electron chi connectivity index (χ1n) is 11.3. The minimum atomic E-state index is -3.04. The summed E-state index contributed by atoms with van der Waals surface area (Å²) >= 11 is 6.01. The number of halogens is 3. The van der Waals surface area contributed by atoms with Gasteiger partial charge in [0.25, 0.3) is 5.91 Å². The van der Waals surface area contributed by atoms with Gasteiger partial charge in [-0.15, -0.1) is 0 Å². The van der Waals surface area contributed by atoms with Crippen molar-refractivity contribution < 1.29 is 18.3 Å². The summed E-state index contributed by atoms with van der Waals surface area (Å²) in [5, 5.41) is 4.47. The quantitative estimate of drug-likeness (QED) is 0.279. The van der Waals surface area contributed by atoms with Gasteiger partial charge in [0, 0.05) is 29.4 Å². The molecule has 0 bridgehead atoms. The molecule has 36 heavy (non-hydrogen) atoms. The van der Waals surface area contributed by atoms with Crippen LogP contribution < -0.4 is 9.64 Å². The van der Waals surface area contributed by atoms with Gasteiger partial charge in [0.2, 0.25) is 0 Å². The number of alkyl halides is 2. The number of aliphatic imine (C=N–C) groups is 1. The van der Waals surface area contributed by atoms with E-state index in [0.717, 1.165) is 11.1 Å². The number of ether oxygens (including phenoxy) is 1. The van der Waals surface area contributed by atoms with E-state index in [2.05, 4.69) is 9.84 Å². The number of amides is 1. The molecule has 0 spiro atoms. The number of hydrogen-bond acceptors (Lipinski definition) is 4. The smallest absolute Gasteiger partial charge is 0.387 e. The molecule has 0 radical (unpaired) electrons. The molecular formula is C27H21ClF2N4O2. The highest BCUT2D eigenvalue weighted by atomic mass is 35.5. The highest BCUT2D eigenvalue weighted by Crippen LogP contribution is 2.36. The predicted molar refractivity (Wildman–Crippen MR) is 135 cm³/mol. The molecule has 0 saturated carbocycles. The SMILES string of the molecule is C[C@H]1CN(c2ccc(Cl)c(OC(F)F)c2)C(=O)c2c(N=C(c3ccccc3)c3ccccc3)cnn21. The Morgan fingerprint density at radius 3 is 2.31 bits per heavy atom. The Kier molecular flexibility index (Phi) is 6.52. The molecule has 1 aromatic heterocycles. The summed E-state index contributed by atoms with van der Waals surface area (Å²) in [5.74, 6) is -0.549. The van der Waals surface area contributed by atoms with Gasteiger partial charge >= 0.3 is 6.61 Å². The Balaban J connectivity index is 1.59. The van der Waals surface area contributed by atoms with Crippen LogP contribution in [0, 0.1) is 0 Å². The van der Waals surface area contributed by atoms with Crippen LogP contribution in [-0.4, -0.2) is 34.6 Å². The van der Waals surface area contributed by atoms with Crippen LogP contribution in [0.5, 0.6) is 5.75 Å². The maximum atomic E-state index is 13.7. The third kappa shape index (κ3) is 4.59. The highest BCUT2D eigenvalue weighted by molar-refractivity contribution is 6.32. The number of fused-ring (bicyclic) bond motifs is 1. The largest absolute Gasteiger partial charge is 0.433 e. The van der Waals surface area contributed by atoms with Gasteiger partial charge in [-0.25, -0.2) is 4.99 Å². The van der Waals surface area contributed by atoms with Crippen LogP contribution in [-0.2, 0) is 0 Å². The average molecular weight is 507 g/mol. The van der Waals surface area contributed by atoms with Crippen molar-refractivity contribution >= 4 is 34.6 Å². The van der Waals surface area contributed by atoms with Gasteiger partial charge in [-0.1, -0.05) is 72.3 Å². The highest BCUT2D eigenvalue weighted by Gasteiger charge is 2.34. The van der Waals surface area contributed by atoms with Crippen molar-refractivity contribution in [2.45, 2.75) is 19.6 Å². The minimum absolute atomic E-state index is 0.0299. The Bertz CT molecular complexity index is 1380. The molecule has 1 aliphatic heterocycles. The van der Waals surface area contributed by atoms with E-state index in [1.807, 2.05) is 67.6 Å². The van der Waals surface area contributed by atoms with E-state index in [-0.39, 0.29) is 29.3 Å². The van der Waals surface area contributed by atoms with Crippen molar-refractivity contribution in [1.29, 1.82) is 0 Å². The number of nitrogens with zero attached hydrogens (tertiary/aromatic N) is 4. The van der Waals surface area contributed by atoms with Crippen LogP contribution in [0.25, 0.3) is 0 Å². The van der Waals surface area contributed by atoms with Crippen LogP contribution in [0.3, 0.4) is 0 Å². The van der Waals surface area contributed by atoms with Gasteiger partial charge in [-0.2, -0.15) is 13.9 Å². The monoisotopic (exact) mass is 506 g/mol. The Hall–Kier alpha value is -4.04. The number of carbonyl (C=O) groups is 1. The van der Waals surface area contributed by atoms with Crippen LogP contribution >= 0.6 is 11.6 Å². The number of hydrogen-bond donors (Lipinski definition) is 0. The van der Waals surface area contributed by atoms with E-state index in [9.17, 15) is 13.6 Å². The first-order chi connectivity index (χ1) is 17.4. The molecule has 0 unspecified atom stereocenters. The molecule has 5 rings (SSSR count). The van der Waals surface area contributed by atoms with Gasteiger partial charge in [0.05, 0.1) is 23.0 Å². The predicted octanol–water partition coefficient (Wildman–Crippen LogP) is 6.53. The number of anilines is 1.